The number of halogens is 3. The van der Waals surface area contributed by atoms with Crippen LogP contribution in [-0.2, 0) is 11.2 Å². The van der Waals surface area contributed by atoms with Crippen molar-refractivity contribution in [1.82, 2.24) is 5.32 Å². The summed E-state index contributed by atoms with van der Waals surface area (Å²) < 4.78 is 26.3. The van der Waals surface area contributed by atoms with E-state index in [9.17, 15) is 13.6 Å². The molecule has 1 aromatic carbocycles. The first kappa shape index (κ1) is 15.8. The summed E-state index contributed by atoms with van der Waals surface area (Å²) in [6.07, 6.45) is 0.108. The van der Waals surface area contributed by atoms with Gasteiger partial charge in [0.2, 0.25) is 5.91 Å². The van der Waals surface area contributed by atoms with Gasteiger partial charge in [-0.3, -0.25) is 4.79 Å². The fourth-order valence-corrected chi connectivity index (χ4v) is 1.24. The summed E-state index contributed by atoms with van der Waals surface area (Å²) in [6, 6.07) is 3.05. The highest BCUT2D eigenvalue weighted by Gasteiger charge is 2.10. The molecule has 1 amide bonds. The number of benzene rings is 1. The van der Waals surface area contributed by atoms with Crippen LogP contribution in [0.15, 0.2) is 18.2 Å². The summed E-state index contributed by atoms with van der Waals surface area (Å²) in [5.41, 5.74) is 5.29. The average Bonchev–Trinajstić information content (AvgIpc) is 2.22. The summed E-state index contributed by atoms with van der Waals surface area (Å²) in [5, 5.41) is 2.49. The third kappa shape index (κ3) is 4.66. The Kier molecular flexibility index (Phi) is 6.68. The lowest BCUT2D eigenvalue weighted by atomic mass is 10.1. The molecule has 0 unspecified atom stereocenters. The maximum atomic E-state index is 13.2. The predicted octanol–water partition coefficient (Wildman–Crippen LogP) is 1.39. The van der Waals surface area contributed by atoms with Crippen molar-refractivity contribution in [2.45, 2.75) is 19.4 Å². The van der Waals surface area contributed by atoms with Crippen LogP contribution < -0.4 is 11.1 Å². The Balaban J connectivity index is 0.00000256. The van der Waals surface area contributed by atoms with Crippen LogP contribution in [0.2, 0.25) is 0 Å². The molecule has 0 saturated carbocycles. The molecule has 0 aliphatic carbocycles. The van der Waals surface area contributed by atoms with Gasteiger partial charge in [-0.15, -0.1) is 12.4 Å². The molecule has 0 radical (unpaired) electrons. The maximum absolute atomic E-state index is 13.2. The molecule has 3 nitrogen and oxygen atoms in total. The van der Waals surface area contributed by atoms with E-state index in [2.05, 4.69) is 5.32 Å². The monoisotopic (exact) mass is 264 g/mol. The van der Waals surface area contributed by atoms with Crippen LogP contribution in [0.5, 0.6) is 0 Å². The molecule has 6 heteroatoms. The fraction of sp³-hybridized carbons (Fsp3) is 0.364. The molecular weight excluding hydrogens is 250 g/mol. The number of carbonyl (C=O) groups excluding carboxylic acids is 1. The summed E-state index contributed by atoms with van der Waals surface area (Å²) in [7, 11) is 0. The second-order valence-electron chi connectivity index (χ2n) is 3.53. The molecular formula is C11H15ClF2N2O. The summed E-state index contributed by atoms with van der Waals surface area (Å²) in [6.45, 7) is 1.71. The second kappa shape index (κ2) is 7.19. The molecule has 17 heavy (non-hydrogen) atoms. The smallest absolute Gasteiger partial charge is 0.236 e. The number of nitrogens with one attached hydrogen (secondary N) is 1. The predicted molar refractivity (Wildman–Crippen MR) is 64.0 cm³/mol. The largest absolute Gasteiger partial charge is 0.354 e. The van der Waals surface area contributed by atoms with Gasteiger partial charge in [-0.25, -0.2) is 8.78 Å². The quantitative estimate of drug-likeness (QED) is 0.864. The minimum absolute atomic E-state index is 0. The number of carbonyl (C=O) groups is 1. The summed E-state index contributed by atoms with van der Waals surface area (Å²) in [4.78, 5) is 11.1. The topological polar surface area (TPSA) is 55.1 Å². The van der Waals surface area contributed by atoms with E-state index in [0.717, 1.165) is 0 Å². The van der Waals surface area contributed by atoms with Gasteiger partial charge in [-0.2, -0.15) is 0 Å². The highest BCUT2D eigenvalue weighted by molar-refractivity contribution is 5.85. The number of hydrogen-bond acceptors (Lipinski definition) is 2. The minimum Gasteiger partial charge on any atom is -0.354 e. The van der Waals surface area contributed by atoms with Gasteiger partial charge in [0.05, 0.1) is 6.04 Å². The number of rotatable bonds is 4. The van der Waals surface area contributed by atoms with E-state index in [4.69, 9.17) is 5.73 Å². The average molecular weight is 265 g/mol. The Hall–Kier alpha value is -1.20. The van der Waals surface area contributed by atoms with Gasteiger partial charge in [0, 0.05) is 12.1 Å². The lowest BCUT2D eigenvalue weighted by Crippen LogP contribution is -2.39. The molecule has 0 spiro atoms. The minimum atomic E-state index is -0.620. The van der Waals surface area contributed by atoms with E-state index >= 15 is 0 Å². The van der Waals surface area contributed by atoms with E-state index in [1.165, 1.54) is 18.2 Å². The van der Waals surface area contributed by atoms with E-state index in [1.54, 1.807) is 6.92 Å². The van der Waals surface area contributed by atoms with Crippen molar-refractivity contribution >= 4 is 18.3 Å². The molecule has 0 aromatic heterocycles. The van der Waals surface area contributed by atoms with Crippen molar-refractivity contribution in [3.05, 3.63) is 35.4 Å². The first-order valence-corrected chi connectivity index (χ1v) is 4.98. The van der Waals surface area contributed by atoms with Gasteiger partial charge in [-0.1, -0.05) is 6.07 Å². The summed E-state index contributed by atoms with van der Waals surface area (Å²) >= 11 is 0. The van der Waals surface area contributed by atoms with Crippen molar-refractivity contribution in [3.8, 4) is 0 Å². The van der Waals surface area contributed by atoms with Gasteiger partial charge >= 0.3 is 0 Å². The van der Waals surface area contributed by atoms with E-state index in [-0.39, 0.29) is 36.8 Å². The normalized spacial score (nSPS) is 11.5. The Bertz CT molecular complexity index is 365. The number of hydrogen-bond donors (Lipinski definition) is 2. The molecule has 96 valence electrons. The molecule has 0 aliphatic rings. The number of amides is 1. The Morgan fingerprint density at radius 3 is 2.41 bits per heavy atom. The Morgan fingerprint density at radius 2 is 1.94 bits per heavy atom. The summed E-state index contributed by atoms with van der Waals surface area (Å²) in [5.74, 6) is -1.54. The SMILES string of the molecule is C[C@@H](N)C(=O)NCCc1c(F)cccc1F.Cl. The van der Waals surface area contributed by atoms with Crippen LogP contribution in [0.1, 0.15) is 12.5 Å². The van der Waals surface area contributed by atoms with Gasteiger partial charge in [-0.05, 0) is 25.5 Å². The van der Waals surface area contributed by atoms with Gasteiger partial charge in [0.1, 0.15) is 11.6 Å². The van der Waals surface area contributed by atoms with Crippen molar-refractivity contribution in [1.29, 1.82) is 0 Å². The first-order valence-electron chi connectivity index (χ1n) is 4.98. The zero-order valence-corrected chi connectivity index (χ0v) is 10.2. The fourth-order valence-electron chi connectivity index (χ4n) is 1.24. The lowest BCUT2D eigenvalue weighted by molar-refractivity contribution is -0.121. The maximum Gasteiger partial charge on any atom is 0.236 e. The molecule has 0 saturated heterocycles. The Labute approximate surface area is 105 Å². The first-order chi connectivity index (χ1) is 7.52. The zero-order chi connectivity index (χ0) is 12.1. The molecule has 0 fully saturated rings. The zero-order valence-electron chi connectivity index (χ0n) is 9.37. The molecule has 0 aliphatic heterocycles. The highest BCUT2D eigenvalue weighted by Crippen LogP contribution is 2.11. The Morgan fingerprint density at radius 1 is 1.41 bits per heavy atom. The van der Waals surface area contributed by atoms with Crippen LogP contribution in [0, 0.1) is 11.6 Å². The van der Waals surface area contributed by atoms with Crippen LogP contribution in [-0.4, -0.2) is 18.5 Å². The van der Waals surface area contributed by atoms with E-state index < -0.39 is 17.7 Å². The standard InChI is InChI=1S/C11H14F2N2O.ClH/c1-7(14)11(16)15-6-5-8-9(12)3-2-4-10(8)13;/h2-4,7H,5-6,14H2,1H3,(H,15,16);1H/t7-;/m1./s1. The second-order valence-corrected chi connectivity index (χ2v) is 3.53. The van der Waals surface area contributed by atoms with Crippen molar-refractivity contribution in [2.75, 3.05) is 6.54 Å². The van der Waals surface area contributed by atoms with E-state index in [0.29, 0.717) is 0 Å². The van der Waals surface area contributed by atoms with Crippen LogP contribution in [0.25, 0.3) is 0 Å². The number of nitrogens with two attached hydrogens (primary N) is 1. The van der Waals surface area contributed by atoms with Crippen LogP contribution in [0.4, 0.5) is 8.78 Å². The molecule has 0 heterocycles. The van der Waals surface area contributed by atoms with Crippen molar-refractivity contribution in [3.63, 3.8) is 0 Å². The molecule has 0 bridgehead atoms. The molecule has 3 N–H and O–H groups in total. The van der Waals surface area contributed by atoms with Crippen LogP contribution in [0.3, 0.4) is 0 Å². The lowest BCUT2D eigenvalue weighted by Gasteiger charge is -2.08. The van der Waals surface area contributed by atoms with Gasteiger partial charge in [0.25, 0.3) is 0 Å². The van der Waals surface area contributed by atoms with E-state index in [1.807, 2.05) is 0 Å². The third-order valence-electron chi connectivity index (χ3n) is 2.15. The molecule has 1 aromatic rings. The molecule has 1 atom stereocenters. The van der Waals surface area contributed by atoms with Gasteiger partial charge in [0.15, 0.2) is 0 Å². The third-order valence-corrected chi connectivity index (χ3v) is 2.15. The van der Waals surface area contributed by atoms with Crippen LogP contribution >= 0.6 is 12.4 Å². The van der Waals surface area contributed by atoms with Crippen molar-refractivity contribution < 1.29 is 13.6 Å². The van der Waals surface area contributed by atoms with Gasteiger partial charge < -0.3 is 11.1 Å². The molecule has 1 rings (SSSR count). The highest BCUT2D eigenvalue weighted by atomic mass is 35.5. The van der Waals surface area contributed by atoms with Crippen molar-refractivity contribution in [2.24, 2.45) is 5.73 Å².